The molecular weight excluding hydrogens is 308 g/mol. The molecule has 1 aliphatic carbocycles. The zero-order chi connectivity index (χ0) is 15.6. The van der Waals surface area contributed by atoms with Gasteiger partial charge in [0.25, 0.3) is 5.91 Å². The first-order chi connectivity index (χ1) is 9.97. The Morgan fingerprint density at radius 3 is 2.32 bits per heavy atom. The van der Waals surface area contributed by atoms with Crippen molar-refractivity contribution >= 4 is 17.5 Å². The standard InChI is InChI=1S/C15H16N2O4.ClH/c1-8-11(6-17-15(21)12(16)7-18)14(20)10-5-3-2-4-9(10)13(8)19;/h2-5,12,18H,6-7,16H2,1H3,(H,17,21);1H. The summed E-state index contributed by atoms with van der Waals surface area (Å²) in [7, 11) is 0. The zero-order valence-electron chi connectivity index (χ0n) is 12.1. The Labute approximate surface area is 133 Å². The highest BCUT2D eigenvalue weighted by Crippen LogP contribution is 2.25. The summed E-state index contributed by atoms with van der Waals surface area (Å²) in [5.41, 5.74) is 4.83. The lowest BCUT2D eigenvalue weighted by atomic mass is 9.84. The first-order valence-electron chi connectivity index (χ1n) is 6.57. The summed E-state index contributed by atoms with van der Waals surface area (Å²) in [6.07, 6.45) is 0. The van der Waals surface area contributed by atoms with E-state index < -0.39 is 11.9 Å². The Balaban J connectivity index is 0.00000242. The van der Waals surface area contributed by atoms with Gasteiger partial charge in [-0.3, -0.25) is 14.4 Å². The smallest absolute Gasteiger partial charge is 0.280 e. The van der Waals surface area contributed by atoms with Gasteiger partial charge in [-0.1, -0.05) is 24.3 Å². The number of benzene rings is 1. The highest BCUT2D eigenvalue weighted by Gasteiger charge is 2.29. The lowest BCUT2D eigenvalue weighted by molar-refractivity contribution is -0.409. The van der Waals surface area contributed by atoms with Crippen LogP contribution in [0, 0.1) is 0 Å². The molecular formula is C15H17ClN2O4. The number of aliphatic hydroxyl groups is 1. The van der Waals surface area contributed by atoms with E-state index >= 15 is 0 Å². The maximum Gasteiger partial charge on any atom is 0.280 e. The number of ketones is 2. The van der Waals surface area contributed by atoms with Crippen molar-refractivity contribution in [2.45, 2.75) is 13.0 Å². The molecule has 0 heterocycles. The Kier molecular flexibility index (Phi) is 5.99. The first kappa shape index (κ1) is 18.0. The Morgan fingerprint density at radius 2 is 1.77 bits per heavy atom. The minimum atomic E-state index is -0.799. The molecule has 1 aromatic rings. The molecule has 1 atom stereocenters. The molecule has 0 saturated heterocycles. The molecule has 2 rings (SSSR count). The molecule has 22 heavy (non-hydrogen) atoms. The summed E-state index contributed by atoms with van der Waals surface area (Å²) in [5.74, 6) is -0.924. The lowest BCUT2D eigenvalue weighted by Crippen LogP contribution is -3.00. The van der Waals surface area contributed by atoms with Crippen LogP contribution in [0.15, 0.2) is 35.4 Å². The molecule has 0 aromatic heterocycles. The number of Topliss-reactive ketones (excluding diaryl/α,β-unsaturated/α-hetero) is 2. The third-order valence-electron chi connectivity index (χ3n) is 3.51. The molecule has 0 aliphatic heterocycles. The van der Waals surface area contributed by atoms with Gasteiger partial charge in [-0.25, -0.2) is 0 Å². The van der Waals surface area contributed by atoms with Gasteiger partial charge in [-0.2, -0.15) is 0 Å². The number of hydrogen-bond acceptors (Lipinski definition) is 4. The first-order valence-corrected chi connectivity index (χ1v) is 6.57. The van der Waals surface area contributed by atoms with Crippen molar-refractivity contribution < 1.29 is 37.6 Å². The molecule has 1 aliphatic rings. The van der Waals surface area contributed by atoms with Crippen LogP contribution in [0.1, 0.15) is 27.6 Å². The van der Waals surface area contributed by atoms with Gasteiger partial charge in [-0.05, 0) is 6.92 Å². The van der Waals surface area contributed by atoms with Gasteiger partial charge in [0.05, 0.1) is 0 Å². The van der Waals surface area contributed by atoms with Crippen LogP contribution in [0.2, 0.25) is 0 Å². The number of aliphatic hydroxyl groups excluding tert-OH is 1. The van der Waals surface area contributed by atoms with E-state index in [-0.39, 0.29) is 42.7 Å². The van der Waals surface area contributed by atoms with Gasteiger partial charge in [0, 0.05) is 28.8 Å². The van der Waals surface area contributed by atoms with E-state index in [0.717, 1.165) is 0 Å². The van der Waals surface area contributed by atoms with Crippen LogP contribution in [0.4, 0.5) is 0 Å². The Hall–Kier alpha value is -2.02. The van der Waals surface area contributed by atoms with Crippen LogP contribution in [0.5, 0.6) is 0 Å². The topological polar surface area (TPSA) is 111 Å². The monoisotopic (exact) mass is 324 g/mol. The van der Waals surface area contributed by atoms with Crippen molar-refractivity contribution in [3.8, 4) is 0 Å². The number of fused-ring (bicyclic) bond motifs is 1. The van der Waals surface area contributed by atoms with E-state index in [1.165, 1.54) is 0 Å². The van der Waals surface area contributed by atoms with Crippen molar-refractivity contribution in [2.75, 3.05) is 13.2 Å². The SMILES string of the molecule is CC1=C(CNC(=O)C([NH3+])CO)C(=O)c2ccccc2C1=O.[Cl-]. The minimum absolute atomic E-state index is 0. The van der Waals surface area contributed by atoms with Crippen molar-refractivity contribution in [1.82, 2.24) is 5.32 Å². The quantitative estimate of drug-likeness (QED) is 0.526. The van der Waals surface area contributed by atoms with E-state index in [2.05, 4.69) is 11.1 Å². The van der Waals surface area contributed by atoms with Crippen LogP contribution in [-0.2, 0) is 4.79 Å². The zero-order valence-corrected chi connectivity index (χ0v) is 12.8. The normalized spacial score (nSPS) is 15.0. The average molecular weight is 325 g/mol. The maximum absolute atomic E-state index is 12.4. The molecule has 0 saturated carbocycles. The fourth-order valence-corrected chi connectivity index (χ4v) is 2.17. The van der Waals surface area contributed by atoms with E-state index in [1.54, 1.807) is 31.2 Å². The second-order valence-electron chi connectivity index (χ2n) is 4.90. The number of nitrogens with one attached hydrogen (secondary N) is 1. The van der Waals surface area contributed by atoms with Crippen molar-refractivity contribution in [1.29, 1.82) is 0 Å². The molecule has 118 valence electrons. The Morgan fingerprint density at radius 1 is 1.23 bits per heavy atom. The summed E-state index contributed by atoms with van der Waals surface area (Å²) >= 11 is 0. The summed E-state index contributed by atoms with van der Waals surface area (Å²) in [6, 6.07) is 5.82. The van der Waals surface area contributed by atoms with Gasteiger partial charge in [0.1, 0.15) is 6.61 Å². The van der Waals surface area contributed by atoms with E-state index in [9.17, 15) is 14.4 Å². The highest BCUT2D eigenvalue weighted by atomic mass is 35.5. The number of allylic oxidation sites excluding steroid dienone is 1. The number of carbonyl (C=O) groups excluding carboxylic acids is 3. The van der Waals surface area contributed by atoms with Crippen molar-refractivity contribution in [2.24, 2.45) is 0 Å². The van der Waals surface area contributed by atoms with Gasteiger partial charge in [0.15, 0.2) is 17.6 Å². The van der Waals surface area contributed by atoms with Crippen molar-refractivity contribution in [3.63, 3.8) is 0 Å². The second kappa shape index (κ2) is 7.31. The molecule has 0 radical (unpaired) electrons. The predicted molar refractivity (Wildman–Crippen MR) is 74.6 cm³/mol. The van der Waals surface area contributed by atoms with Gasteiger partial charge < -0.3 is 28.6 Å². The lowest BCUT2D eigenvalue weighted by Gasteiger charge is -2.19. The third-order valence-corrected chi connectivity index (χ3v) is 3.51. The van der Waals surface area contributed by atoms with Gasteiger partial charge >= 0.3 is 0 Å². The molecule has 1 amide bonds. The maximum atomic E-state index is 12.4. The fraction of sp³-hybridized carbons (Fsp3) is 0.267. The third kappa shape index (κ3) is 3.24. The average Bonchev–Trinajstić information content (AvgIpc) is 2.51. The predicted octanol–water partition coefficient (Wildman–Crippen LogP) is -3.89. The number of amides is 1. The van der Waals surface area contributed by atoms with Gasteiger partial charge in [-0.15, -0.1) is 0 Å². The van der Waals surface area contributed by atoms with Gasteiger partial charge in [0.2, 0.25) is 0 Å². The van der Waals surface area contributed by atoms with Crippen LogP contribution < -0.4 is 23.5 Å². The number of quaternary nitrogens is 1. The molecule has 6 nitrogen and oxygen atoms in total. The number of halogens is 1. The summed E-state index contributed by atoms with van der Waals surface area (Å²) in [5, 5.41) is 11.4. The molecule has 7 heteroatoms. The number of carbonyl (C=O) groups is 3. The van der Waals surface area contributed by atoms with Crippen LogP contribution >= 0.6 is 0 Å². The molecule has 5 N–H and O–H groups in total. The Bertz CT molecular complexity index is 655. The molecule has 0 spiro atoms. The van der Waals surface area contributed by atoms with Crippen LogP contribution in [0.3, 0.4) is 0 Å². The molecule has 0 bridgehead atoms. The largest absolute Gasteiger partial charge is 1.00 e. The number of hydrogen-bond donors (Lipinski definition) is 3. The molecule has 0 fully saturated rings. The van der Waals surface area contributed by atoms with Crippen LogP contribution in [0.25, 0.3) is 0 Å². The summed E-state index contributed by atoms with van der Waals surface area (Å²) in [4.78, 5) is 36.2. The summed E-state index contributed by atoms with van der Waals surface area (Å²) < 4.78 is 0. The summed E-state index contributed by atoms with van der Waals surface area (Å²) in [6.45, 7) is 1.15. The number of rotatable bonds is 4. The fourth-order valence-electron chi connectivity index (χ4n) is 2.17. The van der Waals surface area contributed by atoms with E-state index in [1.807, 2.05) is 0 Å². The second-order valence-corrected chi connectivity index (χ2v) is 4.90. The van der Waals surface area contributed by atoms with Crippen molar-refractivity contribution in [3.05, 3.63) is 46.5 Å². The highest BCUT2D eigenvalue weighted by molar-refractivity contribution is 6.26. The van der Waals surface area contributed by atoms with Crippen LogP contribution in [-0.4, -0.2) is 41.8 Å². The van der Waals surface area contributed by atoms with E-state index in [4.69, 9.17) is 5.11 Å². The van der Waals surface area contributed by atoms with E-state index in [0.29, 0.717) is 16.7 Å². The minimum Gasteiger partial charge on any atom is -1.00 e. The molecule has 1 unspecified atom stereocenters. The molecule has 1 aromatic carbocycles.